The van der Waals surface area contributed by atoms with Gasteiger partial charge in [-0.3, -0.25) is 4.79 Å². The van der Waals surface area contributed by atoms with E-state index >= 15 is 0 Å². The Morgan fingerprint density at radius 3 is 2.61 bits per heavy atom. The number of phenolic OH excluding ortho intramolecular Hbond substituents is 2. The lowest BCUT2D eigenvalue weighted by Gasteiger charge is -2.37. The summed E-state index contributed by atoms with van der Waals surface area (Å²) in [6.07, 6.45) is 0.740. The molecule has 2 heterocycles. The maximum absolute atomic E-state index is 13.3. The van der Waals surface area contributed by atoms with Gasteiger partial charge in [0.25, 0.3) is 0 Å². The Bertz CT molecular complexity index is 1140. The second-order valence-corrected chi connectivity index (χ2v) is 7.37. The third-order valence-electron chi connectivity index (χ3n) is 5.14. The molecule has 1 aliphatic heterocycles. The molecule has 1 aromatic heterocycles. The molecule has 3 N–H and O–H groups in total. The molecule has 0 bridgehead atoms. The van der Waals surface area contributed by atoms with Crippen molar-refractivity contribution in [3.05, 3.63) is 46.3 Å². The van der Waals surface area contributed by atoms with Gasteiger partial charge in [0.1, 0.15) is 45.8 Å². The Morgan fingerprint density at radius 1 is 1.18 bits per heavy atom. The first-order valence-corrected chi connectivity index (χ1v) is 8.77. The molecule has 0 aliphatic carbocycles. The van der Waals surface area contributed by atoms with Crippen molar-refractivity contribution in [1.29, 1.82) is 0 Å². The zero-order valence-electron chi connectivity index (χ0n) is 15.6. The summed E-state index contributed by atoms with van der Waals surface area (Å²) in [5.74, 6) is 0.400. The molecule has 1 aliphatic rings. The molecule has 28 heavy (non-hydrogen) atoms. The van der Waals surface area contributed by atoms with Crippen LogP contribution in [0.3, 0.4) is 0 Å². The number of rotatable bonds is 2. The summed E-state index contributed by atoms with van der Waals surface area (Å²) >= 11 is 0. The minimum atomic E-state index is -0.907. The minimum absolute atomic E-state index is 0.118. The molecule has 0 radical (unpaired) electrons. The van der Waals surface area contributed by atoms with Crippen LogP contribution in [0.15, 0.2) is 39.7 Å². The zero-order chi connectivity index (χ0) is 20.2. The topological polar surface area (TPSA) is 109 Å². The standard InChI is InChI=1S/C21H20O7/c1-21(2)17(24)7-12-15(26-3)8-16-18(20(12)28-21)19(25)13(9-27-16)11-5-4-10(22)6-14(11)23/h4-6,8-9,17,22-24H,7H2,1-3H3. The lowest BCUT2D eigenvalue weighted by atomic mass is 9.89. The fourth-order valence-electron chi connectivity index (χ4n) is 3.46. The number of fused-ring (bicyclic) bond motifs is 3. The molecule has 1 atom stereocenters. The molecule has 2 aromatic carbocycles. The van der Waals surface area contributed by atoms with E-state index in [4.69, 9.17) is 13.9 Å². The van der Waals surface area contributed by atoms with E-state index in [0.717, 1.165) is 6.07 Å². The van der Waals surface area contributed by atoms with E-state index in [9.17, 15) is 20.1 Å². The molecule has 3 aromatic rings. The van der Waals surface area contributed by atoms with Crippen molar-refractivity contribution < 1.29 is 29.2 Å². The Kier molecular flexibility index (Phi) is 4.01. The highest BCUT2D eigenvalue weighted by Crippen LogP contribution is 2.43. The van der Waals surface area contributed by atoms with Crippen molar-refractivity contribution in [3.63, 3.8) is 0 Å². The quantitative estimate of drug-likeness (QED) is 0.623. The van der Waals surface area contributed by atoms with Crippen LogP contribution in [-0.2, 0) is 6.42 Å². The number of hydrogen-bond acceptors (Lipinski definition) is 7. The number of methoxy groups -OCH3 is 1. The first-order chi connectivity index (χ1) is 13.2. The van der Waals surface area contributed by atoms with Gasteiger partial charge in [0, 0.05) is 29.7 Å². The van der Waals surface area contributed by atoms with Crippen LogP contribution in [-0.4, -0.2) is 34.1 Å². The molecule has 7 heteroatoms. The van der Waals surface area contributed by atoms with E-state index in [1.54, 1.807) is 19.9 Å². The van der Waals surface area contributed by atoms with Crippen LogP contribution in [0.1, 0.15) is 19.4 Å². The molecule has 146 valence electrons. The van der Waals surface area contributed by atoms with Gasteiger partial charge in [0.05, 0.1) is 18.8 Å². The number of aliphatic hydroxyl groups is 1. The number of ether oxygens (including phenoxy) is 2. The number of benzene rings is 2. The summed E-state index contributed by atoms with van der Waals surface area (Å²) in [6, 6.07) is 5.55. The lowest BCUT2D eigenvalue weighted by Crippen LogP contribution is -2.46. The smallest absolute Gasteiger partial charge is 0.204 e. The van der Waals surface area contributed by atoms with Gasteiger partial charge in [0.15, 0.2) is 0 Å². The average Bonchev–Trinajstić information content (AvgIpc) is 2.63. The van der Waals surface area contributed by atoms with Crippen molar-refractivity contribution in [1.82, 2.24) is 0 Å². The van der Waals surface area contributed by atoms with E-state index in [2.05, 4.69) is 0 Å². The van der Waals surface area contributed by atoms with Gasteiger partial charge in [-0.2, -0.15) is 0 Å². The summed E-state index contributed by atoms with van der Waals surface area (Å²) in [4.78, 5) is 13.3. The number of aromatic hydroxyl groups is 2. The molecule has 0 spiro atoms. The van der Waals surface area contributed by atoms with Gasteiger partial charge in [-0.15, -0.1) is 0 Å². The van der Waals surface area contributed by atoms with Crippen LogP contribution in [0, 0.1) is 0 Å². The van der Waals surface area contributed by atoms with E-state index in [-0.39, 0.29) is 40.0 Å². The van der Waals surface area contributed by atoms with Crippen LogP contribution in [0.5, 0.6) is 23.0 Å². The van der Waals surface area contributed by atoms with Gasteiger partial charge in [-0.25, -0.2) is 0 Å². The van der Waals surface area contributed by atoms with E-state index in [1.165, 1.54) is 25.5 Å². The maximum atomic E-state index is 13.3. The highest BCUT2D eigenvalue weighted by atomic mass is 16.5. The highest BCUT2D eigenvalue weighted by Gasteiger charge is 2.39. The van der Waals surface area contributed by atoms with Crippen LogP contribution in [0.4, 0.5) is 0 Å². The molecular formula is C21H20O7. The predicted octanol–water partition coefficient (Wildman–Crippen LogP) is 2.95. The van der Waals surface area contributed by atoms with E-state index < -0.39 is 17.1 Å². The number of phenols is 2. The fourth-order valence-corrected chi connectivity index (χ4v) is 3.46. The second-order valence-electron chi connectivity index (χ2n) is 7.37. The van der Waals surface area contributed by atoms with Gasteiger partial charge in [0.2, 0.25) is 5.43 Å². The van der Waals surface area contributed by atoms with Crippen molar-refractivity contribution in [2.75, 3.05) is 7.11 Å². The SMILES string of the molecule is COc1cc2occ(-c3ccc(O)cc3O)c(=O)c2c2c1CC(O)C(C)(C)O2. The number of hydrogen-bond donors (Lipinski definition) is 3. The fraction of sp³-hybridized carbons (Fsp3) is 0.286. The summed E-state index contributed by atoms with van der Waals surface area (Å²) < 4.78 is 17.1. The summed E-state index contributed by atoms with van der Waals surface area (Å²) in [6.45, 7) is 3.48. The molecule has 7 nitrogen and oxygen atoms in total. The average molecular weight is 384 g/mol. The van der Waals surface area contributed by atoms with Crippen LogP contribution >= 0.6 is 0 Å². The highest BCUT2D eigenvalue weighted by molar-refractivity contribution is 5.91. The van der Waals surface area contributed by atoms with Crippen LogP contribution < -0.4 is 14.9 Å². The first kappa shape index (κ1) is 18.2. The summed E-state index contributed by atoms with van der Waals surface area (Å²) in [5, 5.41) is 30.3. The van der Waals surface area contributed by atoms with Crippen molar-refractivity contribution >= 4 is 11.0 Å². The minimum Gasteiger partial charge on any atom is -0.508 e. The lowest BCUT2D eigenvalue weighted by molar-refractivity contribution is -0.0406. The predicted molar refractivity (Wildman–Crippen MR) is 102 cm³/mol. The Balaban J connectivity index is 2.04. The summed E-state index contributed by atoms with van der Waals surface area (Å²) in [5.41, 5.74) is -0.0857. The normalized spacial score (nSPS) is 17.8. The second kappa shape index (κ2) is 6.17. The van der Waals surface area contributed by atoms with Gasteiger partial charge in [-0.05, 0) is 26.0 Å². The van der Waals surface area contributed by atoms with Crippen LogP contribution in [0.2, 0.25) is 0 Å². The van der Waals surface area contributed by atoms with Crippen molar-refractivity contribution in [2.45, 2.75) is 32.0 Å². The number of aliphatic hydroxyl groups excluding tert-OH is 1. The van der Waals surface area contributed by atoms with Gasteiger partial charge < -0.3 is 29.2 Å². The summed E-state index contributed by atoms with van der Waals surface area (Å²) in [7, 11) is 1.49. The maximum Gasteiger partial charge on any atom is 0.204 e. The molecule has 0 saturated carbocycles. The molecule has 0 amide bonds. The third kappa shape index (κ3) is 2.66. The van der Waals surface area contributed by atoms with Crippen molar-refractivity contribution in [2.24, 2.45) is 0 Å². The van der Waals surface area contributed by atoms with Gasteiger partial charge in [-0.1, -0.05) is 0 Å². The zero-order valence-corrected chi connectivity index (χ0v) is 15.6. The van der Waals surface area contributed by atoms with E-state index in [0.29, 0.717) is 17.1 Å². The Hall–Kier alpha value is -3.19. The third-order valence-corrected chi connectivity index (χ3v) is 5.14. The Labute approximate surface area is 160 Å². The molecule has 4 rings (SSSR count). The Morgan fingerprint density at radius 2 is 1.93 bits per heavy atom. The van der Waals surface area contributed by atoms with Crippen molar-refractivity contribution in [3.8, 4) is 34.1 Å². The molecule has 0 saturated heterocycles. The first-order valence-electron chi connectivity index (χ1n) is 8.77. The largest absolute Gasteiger partial charge is 0.508 e. The monoisotopic (exact) mass is 384 g/mol. The molecule has 1 unspecified atom stereocenters. The van der Waals surface area contributed by atoms with E-state index in [1.807, 2.05) is 0 Å². The van der Waals surface area contributed by atoms with Crippen LogP contribution in [0.25, 0.3) is 22.1 Å². The molecular weight excluding hydrogens is 364 g/mol. The van der Waals surface area contributed by atoms with Gasteiger partial charge >= 0.3 is 0 Å². The molecule has 0 fully saturated rings.